The third kappa shape index (κ3) is 10.3. The standard InChI is InChI=1S/C14H27NO11P2/c1-11(16)15-12(14(18)26-7-9-28(20,23-4)24-5)10-13(17)25-6-8-27(19,21-2)22-3/h12H,6-10H2,1-5H3,(H,15,16)/t12-/m0/s1. The van der Waals surface area contributed by atoms with E-state index in [1.807, 2.05) is 0 Å². The van der Waals surface area contributed by atoms with E-state index in [4.69, 9.17) is 27.6 Å². The van der Waals surface area contributed by atoms with Gasteiger partial charge in [0, 0.05) is 35.4 Å². The van der Waals surface area contributed by atoms with Gasteiger partial charge >= 0.3 is 27.1 Å². The Kier molecular flexibility index (Phi) is 12.4. The van der Waals surface area contributed by atoms with Crippen molar-refractivity contribution in [1.82, 2.24) is 5.32 Å². The number of carbonyl (C=O) groups excluding carboxylic acids is 3. The van der Waals surface area contributed by atoms with E-state index in [1.165, 1.54) is 28.4 Å². The molecule has 164 valence electrons. The van der Waals surface area contributed by atoms with Gasteiger partial charge in [-0.1, -0.05) is 0 Å². The molecule has 1 N–H and O–H groups in total. The zero-order valence-corrected chi connectivity index (χ0v) is 18.3. The van der Waals surface area contributed by atoms with Crippen molar-refractivity contribution in [2.45, 2.75) is 19.4 Å². The van der Waals surface area contributed by atoms with Crippen LogP contribution in [-0.2, 0) is 51.1 Å². The van der Waals surface area contributed by atoms with Crippen LogP contribution in [0.5, 0.6) is 0 Å². The molecule has 0 spiro atoms. The highest BCUT2D eigenvalue weighted by atomic mass is 31.2. The Morgan fingerprint density at radius 2 is 1.25 bits per heavy atom. The number of rotatable bonds is 14. The first-order chi connectivity index (χ1) is 13.0. The third-order valence-electron chi connectivity index (χ3n) is 3.38. The van der Waals surface area contributed by atoms with E-state index < -0.39 is 45.5 Å². The normalized spacial score (nSPS) is 12.9. The molecule has 0 saturated carbocycles. The summed E-state index contributed by atoms with van der Waals surface area (Å²) in [5.41, 5.74) is 0. The largest absolute Gasteiger partial charge is 0.465 e. The molecule has 1 atom stereocenters. The first-order valence-corrected chi connectivity index (χ1v) is 11.5. The molecule has 28 heavy (non-hydrogen) atoms. The zero-order valence-electron chi connectivity index (χ0n) is 16.5. The number of amides is 1. The molecular formula is C14H27NO11P2. The summed E-state index contributed by atoms with van der Waals surface area (Å²) in [5.74, 6) is -2.34. The summed E-state index contributed by atoms with van der Waals surface area (Å²) in [6.45, 7) is 0.571. The van der Waals surface area contributed by atoms with Gasteiger partial charge in [0.2, 0.25) is 5.91 Å². The van der Waals surface area contributed by atoms with Crippen LogP contribution in [0.4, 0.5) is 0 Å². The Morgan fingerprint density at radius 3 is 1.64 bits per heavy atom. The Balaban J connectivity index is 4.66. The monoisotopic (exact) mass is 447 g/mol. The van der Waals surface area contributed by atoms with Crippen LogP contribution in [0, 0.1) is 0 Å². The van der Waals surface area contributed by atoms with Gasteiger partial charge in [-0.3, -0.25) is 18.7 Å². The lowest BCUT2D eigenvalue weighted by molar-refractivity contribution is -0.153. The van der Waals surface area contributed by atoms with E-state index >= 15 is 0 Å². The van der Waals surface area contributed by atoms with Crippen molar-refractivity contribution >= 4 is 33.0 Å². The van der Waals surface area contributed by atoms with Crippen LogP contribution in [0.25, 0.3) is 0 Å². The van der Waals surface area contributed by atoms with Crippen molar-refractivity contribution in [2.24, 2.45) is 0 Å². The van der Waals surface area contributed by atoms with Gasteiger partial charge in [0.25, 0.3) is 0 Å². The second-order valence-corrected chi connectivity index (χ2v) is 10.0. The molecule has 14 heteroatoms. The van der Waals surface area contributed by atoms with Crippen molar-refractivity contribution in [2.75, 3.05) is 54.0 Å². The van der Waals surface area contributed by atoms with Gasteiger partial charge in [-0.05, 0) is 0 Å². The number of esters is 2. The van der Waals surface area contributed by atoms with E-state index in [2.05, 4.69) is 5.32 Å². The highest BCUT2D eigenvalue weighted by Crippen LogP contribution is 2.46. The fourth-order valence-electron chi connectivity index (χ4n) is 1.81. The quantitative estimate of drug-likeness (QED) is 0.299. The number of ether oxygens (including phenoxy) is 2. The van der Waals surface area contributed by atoms with Crippen molar-refractivity contribution < 1.29 is 51.1 Å². The van der Waals surface area contributed by atoms with Gasteiger partial charge in [0.1, 0.15) is 19.3 Å². The Hall–Kier alpha value is -1.29. The molecule has 0 unspecified atom stereocenters. The van der Waals surface area contributed by atoms with Gasteiger partial charge < -0.3 is 32.9 Å². The lowest BCUT2D eigenvalue weighted by atomic mass is 10.2. The minimum Gasteiger partial charge on any atom is -0.465 e. The molecule has 0 aromatic carbocycles. The molecule has 0 aliphatic carbocycles. The summed E-state index contributed by atoms with van der Waals surface area (Å²) >= 11 is 0. The average Bonchev–Trinajstić information content (AvgIpc) is 2.66. The van der Waals surface area contributed by atoms with Gasteiger partial charge in [-0.15, -0.1) is 0 Å². The molecule has 0 radical (unpaired) electrons. The lowest BCUT2D eigenvalue weighted by Crippen LogP contribution is -2.42. The minimum atomic E-state index is -3.37. The molecule has 0 aliphatic rings. The SMILES string of the molecule is COP(=O)(CCOC(=O)C[C@H](NC(C)=O)C(=O)OCCP(=O)(OC)OC)OC. The summed E-state index contributed by atoms with van der Waals surface area (Å²) in [5, 5.41) is 2.27. The molecule has 0 saturated heterocycles. The molecular weight excluding hydrogens is 420 g/mol. The molecule has 1 amide bonds. The fraction of sp³-hybridized carbons (Fsp3) is 0.786. The second-order valence-electron chi connectivity index (χ2n) is 5.24. The van der Waals surface area contributed by atoms with E-state index in [1.54, 1.807) is 0 Å². The first-order valence-electron chi connectivity index (χ1n) is 8.05. The van der Waals surface area contributed by atoms with Crippen molar-refractivity contribution in [3.05, 3.63) is 0 Å². The summed E-state index contributed by atoms with van der Waals surface area (Å²) < 4.78 is 52.3. The fourth-order valence-corrected chi connectivity index (χ4v) is 3.47. The predicted molar refractivity (Wildman–Crippen MR) is 97.1 cm³/mol. The predicted octanol–water partition coefficient (Wildman–Crippen LogP) is 0.939. The lowest BCUT2D eigenvalue weighted by Gasteiger charge is -2.18. The highest BCUT2D eigenvalue weighted by Gasteiger charge is 2.28. The molecule has 0 heterocycles. The van der Waals surface area contributed by atoms with E-state index in [-0.39, 0.29) is 25.5 Å². The number of hydrogen-bond donors (Lipinski definition) is 1. The topological polar surface area (TPSA) is 153 Å². The van der Waals surface area contributed by atoms with Crippen LogP contribution in [0.2, 0.25) is 0 Å². The summed E-state index contributed by atoms with van der Waals surface area (Å²) in [7, 11) is -1.94. The maximum atomic E-state index is 12.1. The second kappa shape index (κ2) is 13.0. The third-order valence-corrected chi connectivity index (χ3v) is 7.07. The van der Waals surface area contributed by atoms with E-state index in [9.17, 15) is 23.5 Å². The molecule has 0 fully saturated rings. The first kappa shape index (κ1) is 26.7. The maximum Gasteiger partial charge on any atom is 0.333 e. The van der Waals surface area contributed by atoms with Crippen LogP contribution in [0.3, 0.4) is 0 Å². The van der Waals surface area contributed by atoms with Gasteiger partial charge in [-0.25, -0.2) is 4.79 Å². The summed E-state index contributed by atoms with van der Waals surface area (Å²) in [6.07, 6.45) is -0.897. The van der Waals surface area contributed by atoms with Gasteiger partial charge in [0.15, 0.2) is 0 Å². The van der Waals surface area contributed by atoms with E-state index in [0.717, 1.165) is 6.92 Å². The van der Waals surface area contributed by atoms with Crippen LogP contribution in [0.15, 0.2) is 0 Å². The van der Waals surface area contributed by atoms with Crippen LogP contribution in [-0.4, -0.2) is 77.9 Å². The van der Waals surface area contributed by atoms with Crippen LogP contribution in [0.1, 0.15) is 13.3 Å². The van der Waals surface area contributed by atoms with Gasteiger partial charge in [0.05, 0.1) is 18.7 Å². The molecule has 0 rings (SSSR count). The average molecular weight is 447 g/mol. The van der Waals surface area contributed by atoms with Crippen LogP contribution >= 0.6 is 15.2 Å². The van der Waals surface area contributed by atoms with Crippen molar-refractivity contribution in [3.8, 4) is 0 Å². The van der Waals surface area contributed by atoms with Gasteiger partial charge in [-0.2, -0.15) is 0 Å². The molecule has 0 aliphatic heterocycles. The summed E-state index contributed by atoms with van der Waals surface area (Å²) in [4.78, 5) is 35.3. The summed E-state index contributed by atoms with van der Waals surface area (Å²) in [6, 6.07) is -1.31. The van der Waals surface area contributed by atoms with Crippen molar-refractivity contribution in [1.29, 1.82) is 0 Å². The number of nitrogens with one attached hydrogen (secondary N) is 1. The Bertz CT molecular complexity index is 608. The molecule has 12 nitrogen and oxygen atoms in total. The maximum absolute atomic E-state index is 12.1. The van der Waals surface area contributed by atoms with Crippen LogP contribution < -0.4 is 5.32 Å². The highest BCUT2D eigenvalue weighted by molar-refractivity contribution is 7.54. The van der Waals surface area contributed by atoms with Crippen molar-refractivity contribution in [3.63, 3.8) is 0 Å². The Labute approximate surface area is 163 Å². The molecule has 0 aromatic heterocycles. The molecule has 0 bridgehead atoms. The molecule has 0 aromatic rings. The minimum absolute atomic E-state index is 0.176. The van der Waals surface area contributed by atoms with E-state index in [0.29, 0.717) is 0 Å². The Morgan fingerprint density at radius 1 is 0.821 bits per heavy atom. The number of carbonyl (C=O) groups is 3. The smallest absolute Gasteiger partial charge is 0.333 e. The number of hydrogen-bond acceptors (Lipinski definition) is 11. The zero-order chi connectivity index (χ0) is 21.8.